The summed E-state index contributed by atoms with van der Waals surface area (Å²) >= 11 is 1.69. The molecule has 1 atom stereocenters. The number of rotatable bonds is 2. The Kier molecular flexibility index (Phi) is 3.60. The number of nitrogens with zero attached hydrogens (tertiary/aromatic N) is 3. The summed E-state index contributed by atoms with van der Waals surface area (Å²) in [6.45, 7) is 4.23. The number of thiazole rings is 1. The molecule has 2 aromatic carbocycles. The third kappa shape index (κ3) is 2.63. The van der Waals surface area contributed by atoms with Gasteiger partial charge in [0.15, 0.2) is 0 Å². The molecule has 4 heteroatoms. The minimum Gasteiger partial charge on any atom is -0.292 e. The SMILES string of the molecule is C[C@@H](c1ccc2scnc2c1)N1CCc2cc(C#N)ccc2C1. The van der Waals surface area contributed by atoms with Gasteiger partial charge in [-0.05, 0) is 54.3 Å². The van der Waals surface area contributed by atoms with Crippen molar-refractivity contribution in [2.45, 2.75) is 25.9 Å². The summed E-state index contributed by atoms with van der Waals surface area (Å²) in [6, 6.07) is 15.3. The number of benzene rings is 2. The van der Waals surface area contributed by atoms with Gasteiger partial charge >= 0.3 is 0 Å². The van der Waals surface area contributed by atoms with Crippen molar-refractivity contribution in [1.82, 2.24) is 9.88 Å². The minimum atomic E-state index is 0.366. The predicted octanol–water partition coefficient (Wildman–Crippen LogP) is 4.29. The number of fused-ring (bicyclic) bond motifs is 2. The topological polar surface area (TPSA) is 39.9 Å². The summed E-state index contributed by atoms with van der Waals surface area (Å²) in [4.78, 5) is 6.93. The molecule has 0 saturated carbocycles. The van der Waals surface area contributed by atoms with Gasteiger partial charge in [-0.2, -0.15) is 5.26 Å². The molecule has 0 aliphatic carbocycles. The lowest BCUT2D eigenvalue weighted by Gasteiger charge is -2.34. The lowest BCUT2D eigenvalue weighted by molar-refractivity contribution is 0.192. The van der Waals surface area contributed by atoms with Gasteiger partial charge in [-0.1, -0.05) is 12.1 Å². The molecule has 0 radical (unpaired) electrons. The van der Waals surface area contributed by atoms with Gasteiger partial charge in [0.25, 0.3) is 0 Å². The van der Waals surface area contributed by atoms with E-state index in [1.807, 2.05) is 17.6 Å². The third-order valence-electron chi connectivity index (χ3n) is 4.76. The summed E-state index contributed by atoms with van der Waals surface area (Å²) in [5.74, 6) is 0. The lowest BCUT2D eigenvalue weighted by atomic mass is 9.95. The summed E-state index contributed by atoms with van der Waals surface area (Å²) < 4.78 is 1.24. The fourth-order valence-electron chi connectivity index (χ4n) is 3.32. The van der Waals surface area contributed by atoms with Gasteiger partial charge in [-0.25, -0.2) is 4.98 Å². The van der Waals surface area contributed by atoms with E-state index >= 15 is 0 Å². The highest BCUT2D eigenvalue weighted by Crippen LogP contribution is 2.30. The van der Waals surface area contributed by atoms with Crippen molar-refractivity contribution in [3.8, 4) is 6.07 Å². The van der Waals surface area contributed by atoms with Gasteiger partial charge in [-0.3, -0.25) is 4.90 Å². The first kappa shape index (κ1) is 14.4. The zero-order valence-corrected chi connectivity index (χ0v) is 13.8. The first-order valence-corrected chi connectivity index (χ1v) is 8.71. The van der Waals surface area contributed by atoms with Crippen molar-refractivity contribution in [3.05, 3.63) is 64.2 Å². The monoisotopic (exact) mass is 319 g/mol. The highest BCUT2D eigenvalue weighted by Gasteiger charge is 2.22. The fraction of sp³-hybridized carbons (Fsp3) is 0.263. The van der Waals surface area contributed by atoms with Crippen LogP contribution in [0, 0.1) is 11.3 Å². The van der Waals surface area contributed by atoms with E-state index in [9.17, 15) is 0 Å². The highest BCUT2D eigenvalue weighted by molar-refractivity contribution is 7.16. The van der Waals surface area contributed by atoms with Crippen molar-refractivity contribution in [1.29, 1.82) is 5.26 Å². The molecule has 0 amide bonds. The van der Waals surface area contributed by atoms with Gasteiger partial charge in [-0.15, -0.1) is 11.3 Å². The second-order valence-corrected chi connectivity index (χ2v) is 6.96. The van der Waals surface area contributed by atoms with Crippen LogP contribution in [-0.2, 0) is 13.0 Å². The second-order valence-electron chi connectivity index (χ2n) is 6.07. The van der Waals surface area contributed by atoms with E-state index in [2.05, 4.69) is 47.1 Å². The van der Waals surface area contributed by atoms with Crippen LogP contribution in [0.4, 0.5) is 0 Å². The molecule has 2 heterocycles. The van der Waals surface area contributed by atoms with Crippen LogP contribution in [0.5, 0.6) is 0 Å². The standard InChI is InChI=1S/C19H17N3S/c1-13(15-4-5-19-18(9-15)21-12-23-19)22-7-6-16-8-14(10-20)2-3-17(16)11-22/h2-5,8-9,12-13H,6-7,11H2,1H3/t13-/m0/s1. The zero-order valence-electron chi connectivity index (χ0n) is 13.0. The van der Waals surface area contributed by atoms with E-state index in [0.717, 1.165) is 30.6 Å². The highest BCUT2D eigenvalue weighted by atomic mass is 32.1. The molecule has 4 rings (SSSR count). The van der Waals surface area contributed by atoms with Crippen LogP contribution < -0.4 is 0 Å². The van der Waals surface area contributed by atoms with Crippen molar-refractivity contribution in [3.63, 3.8) is 0 Å². The summed E-state index contributed by atoms with van der Waals surface area (Å²) in [7, 11) is 0. The van der Waals surface area contributed by atoms with Crippen LogP contribution in [0.1, 0.15) is 35.2 Å². The Bertz CT molecular complexity index is 906. The smallest absolute Gasteiger partial charge is 0.0991 e. The van der Waals surface area contributed by atoms with E-state index in [1.54, 1.807) is 11.3 Å². The van der Waals surface area contributed by atoms with Crippen molar-refractivity contribution in [2.75, 3.05) is 6.54 Å². The Morgan fingerprint density at radius 1 is 1.22 bits per heavy atom. The summed E-state index contributed by atoms with van der Waals surface area (Å²) in [6.07, 6.45) is 1.01. The van der Waals surface area contributed by atoms with Crippen molar-refractivity contribution < 1.29 is 0 Å². The Hall–Kier alpha value is -2.22. The van der Waals surface area contributed by atoms with Gasteiger partial charge in [0.1, 0.15) is 0 Å². The van der Waals surface area contributed by atoms with Crippen molar-refractivity contribution >= 4 is 21.6 Å². The fourth-order valence-corrected chi connectivity index (χ4v) is 3.98. The first-order valence-electron chi connectivity index (χ1n) is 7.84. The largest absolute Gasteiger partial charge is 0.292 e. The third-order valence-corrected chi connectivity index (χ3v) is 5.57. The molecule has 0 saturated heterocycles. The molecule has 1 aliphatic rings. The molecule has 1 aliphatic heterocycles. The van der Waals surface area contributed by atoms with E-state index in [4.69, 9.17) is 5.26 Å². The molecule has 0 bridgehead atoms. The normalized spacial score (nSPS) is 16.0. The molecular weight excluding hydrogens is 302 g/mol. The van der Waals surface area contributed by atoms with Crippen LogP contribution in [0.2, 0.25) is 0 Å². The van der Waals surface area contributed by atoms with Crippen LogP contribution in [0.3, 0.4) is 0 Å². The molecule has 114 valence electrons. The maximum absolute atomic E-state index is 9.03. The minimum absolute atomic E-state index is 0.366. The van der Waals surface area contributed by atoms with Gasteiger partial charge in [0.05, 0.1) is 27.4 Å². The predicted molar refractivity (Wildman–Crippen MR) is 93.3 cm³/mol. The quantitative estimate of drug-likeness (QED) is 0.707. The molecule has 23 heavy (non-hydrogen) atoms. The number of hydrogen-bond acceptors (Lipinski definition) is 4. The summed E-state index contributed by atoms with van der Waals surface area (Å²) in [5.41, 5.74) is 7.75. The molecule has 0 spiro atoms. The molecule has 0 N–H and O–H groups in total. The second kappa shape index (κ2) is 5.77. The van der Waals surface area contributed by atoms with Crippen molar-refractivity contribution in [2.24, 2.45) is 0 Å². The lowest BCUT2D eigenvalue weighted by Crippen LogP contribution is -2.32. The zero-order chi connectivity index (χ0) is 15.8. The van der Waals surface area contributed by atoms with Gasteiger partial charge < -0.3 is 0 Å². The van der Waals surface area contributed by atoms with E-state index in [-0.39, 0.29) is 0 Å². The Morgan fingerprint density at radius 2 is 2.13 bits per heavy atom. The van der Waals surface area contributed by atoms with E-state index in [0.29, 0.717) is 6.04 Å². The number of aromatic nitrogens is 1. The molecule has 0 fully saturated rings. The Morgan fingerprint density at radius 3 is 3.00 bits per heavy atom. The maximum Gasteiger partial charge on any atom is 0.0991 e. The average Bonchev–Trinajstić information content (AvgIpc) is 3.07. The summed E-state index contributed by atoms with van der Waals surface area (Å²) in [5, 5.41) is 9.03. The molecule has 3 aromatic rings. The molecular formula is C19H17N3S. The van der Waals surface area contributed by atoms with Gasteiger partial charge in [0, 0.05) is 19.1 Å². The number of hydrogen-bond donors (Lipinski definition) is 0. The van der Waals surface area contributed by atoms with Gasteiger partial charge in [0.2, 0.25) is 0 Å². The van der Waals surface area contributed by atoms with Crippen LogP contribution in [-0.4, -0.2) is 16.4 Å². The molecule has 3 nitrogen and oxygen atoms in total. The van der Waals surface area contributed by atoms with E-state index in [1.165, 1.54) is 21.4 Å². The Balaban J connectivity index is 1.59. The molecule has 0 unspecified atom stereocenters. The Labute approximate surface area is 139 Å². The average molecular weight is 319 g/mol. The maximum atomic E-state index is 9.03. The van der Waals surface area contributed by atoms with Crippen LogP contribution >= 0.6 is 11.3 Å². The molecule has 1 aromatic heterocycles. The number of nitriles is 1. The first-order chi connectivity index (χ1) is 11.2. The van der Waals surface area contributed by atoms with Crippen LogP contribution in [0.15, 0.2) is 41.9 Å². The van der Waals surface area contributed by atoms with Crippen LogP contribution in [0.25, 0.3) is 10.2 Å². The van der Waals surface area contributed by atoms with E-state index < -0.39 is 0 Å².